The van der Waals surface area contributed by atoms with Gasteiger partial charge in [-0.15, -0.1) is 0 Å². The third-order valence-corrected chi connectivity index (χ3v) is 2.32. The Kier molecular flexibility index (Phi) is 6.87. The van der Waals surface area contributed by atoms with E-state index in [1.165, 1.54) is 0 Å². The Morgan fingerprint density at radius 1 is 1.52 bits per heavy atom. The van der Waals surface area contributed by atoms with Gasteiger partial charge in [-0.05, 0) is 24.6 Å². The number of nitrogens with one attached hydrogen (secondary N) is 2. The Balaban J connectivity index is 2.29. The van der Waals surface area contributed by atoms with Gasteiger partial charge in [0.25, 0.3) is 0 Å². The van der Waals surface area contributed by atoms with E-state index in [1.807, 2.05) is 6.92 Å². The van der Waals surface area contributed by atoms with E-state index < -0.39 is 11.3 Å². The number of carbonyl (C=O) groups is 1. The fourth-order valence-electron chi connectivity index (χ4n) is 1.37. The van der Waals surface area contributed by atoms with Crippen LogP contribution in [0.2, 0.25) is 0 Å². The number of hydrogen-bond acceptors (Lipinski definition) is 4. The summed E-state index contributed by atoms with van der Waals surface area (Å²) in [6.07, 6.45) is 2.61. The van der Waals surface area contributed by atoms with Crippen LogP contribution in [0.1, 0.15) is 6.92 Å². The molecular weight excluding hydrogens is 304 g/mol. The Morgan fingerprint density at radius 3 is 2.95 bits per heavy atom. The number of alkyl halides is 3. The first-order chi connectivity index (χ1) is 9.90. The first-order valence-electron chi connectivity index (χ1n) is 6.27. The van der Waals surface area contributed by atoms with Crippen molar-refractivity contribution in [3.8, 4) is 5.75 Å². The van der Waals surface area contributed by atoms with Crippen LogP contribution in [0.25, 0.3) is 0 Å². The van der Waals surface area contributed by atoms with E-state index in [-0.39, 0.29) is 6.54 Å². The maximum Gasteiger partial charge on any atom is 0.341 e. The molecule has 0 aliphatic carbocycles. The van der Waals surface area contributed by atoms with Gasteiger partial charge in [-0.25, -0.2) is 4.98 Å². The van der Waals surface area contributed by atoms with E-state index in [4.69, 9.17) is 4.74 Å². The second-order valence-corrected chi connectivity index (χ2v) is 4.41. The molecule has 0 spiro atoms. The number of rotatable bonds is 8. The minimum Gasteiger partial charge on any atom is -0.494 e. The predicted octanol–water partition coefficient (Wildman–Crippen LogP) is 2.40. The second-order valence-electron chi connectivity index (χ2n) is 3.90. The normalized spacial score (nSPS) is 11.4. The van der Waals surface area contributed by atoms with Crippen LogP contribution in [0.3, 0.4) is 0 Å². The summed E-state index contributed by atoms with van der Waals surface area (Å²) >= 11 is 4.63. The molecule has 0 fully saturated rings. The number of ether oxygens (including phenoxy) is 1. The van der Waals surface area contributed by atoms with E-state index in [1.54, 1.807) is 18.3 Å². The van der Waals surface area contributed by atoms with Gasteiger partial charge in [0.05, 0.1) is 6.61 Å². The fourth-order valence-corrected chi connectivity index (χ4v) is 1.43. The number of anilines is 1. The molecule has 2 N–H and O–H groups in total. The van der Waals surface area contributed by atoms with Crippen molar-refractivity contribution in [3.05, 3.63) is 30.5 Å². The van der Waals surface area contributed by atoms with Crippen LogP contribution in [-0.2, 0) is 4.79 Å². The summed E-state index contributed by atoms with van der Waals surface area (Å²) in [5, 5.41) is 1.88. The summed E-state index contributed by atoms with van der Waals surface area (Å²) in [4.78, 5) is 15.3. The second kappa shape index (κ2) is 8.41. The number of hydrogen-bond donors (Lipinski definition) is 2. The van der Waals surface area contributed by atoms with Gasteiger partial charge in [-0.1, -0.05) is 0 Å². The van der Waals surface area contributed by atoms with E-state index >= 15 is 0 Å². The molecule has 1 heterocycles. The summed E-state index contributed by atoms with van der Waals surface area (Å²) in [6, 6.07) is 3.45. The van der Waals surface area contributed by atoms with Crippen LogP contribution in [0.4, 0.5) is 14.6 Å². The van der Waals surface area contributed by atoms with Gasteiger partial charge in [-0.2, -0.15) is 8.78 Å². The standard InChI is InChI=1S/C13H16ClF2N3O2/c1-2-21-10-4-6-17-11(9-10)18-7-8-19-12(20)3-5-13(14,15)16/h3-6,9H,2,7-8H2,1H3,(H,17,18)(H,19,20)/b5-3+. The van der Waals surface area contributed by atoms with Gasteiger partial charge >= 0.3 is 5.38 Å². The Morgan fingerprint density at radius 2 is 2.29 bits per heavy atom. The van der Waals surface area contributed by atoms with Crippen molar-refractivity contribution in [2.24, 2.45) is 0 Å². The lowest BCUT2D eigenvalue weighted by molar-refractivity contribution is -0.116. The lowest BCUT2D eigenvalue weighted by Crippen LogP contribution is -2.27. The zero-order chi connectivity index (χ0) is 15.7. The van der Waals surface area contributed by atoms with E-state index in [2.05, 4.69) is 27.2 Å². The fraction of sp³-hybridized carbons (Fsp3) is 0.385. The lowest BCUT2D eigenvalue weighted by atomic mass is 10.4. The molecule has 21 heavy (non-hydrogen) atoms. The van der Waals surface area contributed by atoms with Crippen molar-refractivity contribution < 1.29 is 18.3 Å². The number of nitrogens with zero attached hydrogens (tertiary/aromatic N) is 1. The van der Waals surface area contributed by atoms with Crippen LogP contribution in [0.15, 0.2) is 30.5 Å². The maximum absolute atomic E-state index is 12.3. The monoisotopic (exact) mass is 319 g/mol. The van der Waals surface area contributed by atoms with Crippen molar-refractivity contribution in [1.29, 1.82) is 0 Å². The quantitative estimate of drug-likeness (QED) is 0.439. The summed E-state index contributed by atoms with van der Waals surface area (Å²) in [6.45, 7) is 3.06. The minimum atomic E-state index is -3.51. The SMILES string of the molecule is CCOc1ccnc(NCCNC(=O)/C=C/C(F)(F)Cl)c1. The molecular formula is C13H16ClF2N3O2. The van der Waals surface area contributed by atoms with E-state index in [0.717, 1.165) is 0 Å². The Labute approximate surface area is 126 Å². The summed E-state index contributed by atoms with van der Waals surface area (Å²) in [5.74, 6) is 0.637. The van der Waals surface area contributed by atoms with Gasteiger partial charge in [0.2, 0.25) is 5.91 Å². The number of aromatic nitrogens is 1. The van der Waals surface area contributed by atoms with E-state index in [9.17, 15) is 13.6 Å². The molecule has 116 valence electrons. The van der Waals surface area contributed by atoms with Crippen molar-refractivity contribution in [2.75, 3.05) is 25.0 Å². The largest absolute Gasteiger partial charge is 0.494 e. The number of amides is 1. The molecule has 5 nitrogen and oxygen atoms in total. The molecule has 1 rings (SSSR count). The number of carbonyl (C=O) groups excluding carboxylic acids is 1. The van der Waals surface area contributed by atoms with Crippen molar-refractivity contribution in [2.45, 2.75) is 12.3 Å². The zero-order valence-corrected chi connectivity index (χ0v) is 12.2. The number of halogens is 3. The van der Waals surface area contributed by atoms with Crippen LogP contribution < -0.4 is 15.4 Å². The first kappa shape index (κ1) is 17.2. The highest BCUT2D eigenvalue weighted by atomic mass is 35.5. The molecule has 0 saturated carbocycles. The molecule has 0 aliphatic heterocycles. The van der Waals surface area contributed by atoms with Crippen LogP contribution in [-0.4, -0.2) is 36.0 Å². The molecule has 0 aromatic carbocycles. The molecule has 0 saturated heterocycles. The smallest absolute Gasteiger partial charge is 0.341 e. The van der Waals surface area contributed by atoms with Crippen molar-refractivity contribution in [1.82, 2.24) is 10.3 Å². The summed E-state index contributed by atoms with van der Waals surface area (Å²) in [5.41, 5.74) is 0. The minimum absolute atomic E-state index is 0.248. The summed E-state index contributed by atoms with van der Waals surface area (Å²) < 4.78 is 29.8. The van der Waals surface area contributed by atoms with E-state index in [0.29, 0.717) is 36.9 Å². The zero-order valence-electron chi connectivity index (χ0n) is 11.4. The maximum atomic E-state index is 12.3. The third kappa shape index (κ3) is 8.09. The highest BCUT2D eigenvalue weighted by molar-refractivity contribution is 6.23. The molecule has 0 aliphatic rings. The molecule has 0 bridgehead atoms. The molecule has 1 aromatic heterocycles. The topological polar surface area (TPSA) is 63.2 Å². The number of allylic oxidation sites excluding steroid dienone is 1. The highest BCUT2D eigenvalue weighted by Crippen LogP contribution is 2.19. The third-order valence-electron chi connectivity index (χ3n) is 2.20. The van der Waals surface area contributed by atoms with Crippen molar-refractivity contribution in [3.63, 3.8) is 0 Å². The molecule has 8 heteroatoms. The molecule has 0 unspecified atom stereocenters. The van der Waals surface area contributed by atoms with Crippen LogP contribution in [0.5, 0.6) is 5.75 Å². The first-order valence-corrected chi connectivity index (χ1v) is 6.65. The average Bonchev–Trinajstić information content (AvgIpc) is 2.41. The molecule has 1 aromatic rings. The van der Waals surface area contributed by atoms with Crippen molar-refractivity contribution >= 4 is 23.3 Å². The highest BCUT2D eigenvalue weighted by Gasteiger charge is 2.19. The predicted molar refractivity (Wildman–Crippen MR) is 76.8 cm³/mol. The Bertz CT molecular complexity index is 493. The van der Waals surface area contributed by atoms with Gasteiger partial charge in [0.1, 0.15) is 11.6 Å². The van der Waals surface area contributed by atoms with Gasteiger partial charge < -0.3 is 15.4 Å². The van der Waals surface area contributed by atoms with Gasteiger partial charge in [0.15, 0.2) is 0 Å². The Hall–Kier alpha value is -1.89. The molecule has 1 amide bonds. The molecule has 0 radical (unpaired) electrons. The average molecular weight is 320 g/mol. The van der Waals surface area contributed by atoms with Gasteiger partial charge in [-0.3, -0.25) is 4.79 Å². The van der Waals surface area contributed by atoms with Crippen LogP contribution in [0, 0.1) is 0 Å². The number of pyridine rings is 1. The van der Waals surface area contributed by atoms with Gasteiger partial charge in [0, 0.05) is 37.5 Å². The molecule has 0 atom stereocenters. The lowest BCUT2D eigenvalue weighted by Gasteiger charge is -2.08. The van der Waals surface area contributed by atoms with Crippen LogP contribution >= 0.6 is 11.6 Å². The summed E-state index contributed by atoms with van der Waals surface area (Å²) in [7, 11) is 0.